The average molecular weight is 179 g/mol. The highest BCUT2D eigenvalue weighted by Gasteiger charge is 2.12. The van der Waals surface area contributed by atoms with Crippen molar-refractivity contribution in [3.8, 4) is 12.3 Å². The second-order valence-corrected chi connectivity index (χ2v) is 2.48. The van der Waals surface area contributed by atoms with Gasteiger partial charge in [-0.15, -0.1) is 6.42 Å². The maximum absolute atomic E-state index is 11.2. The van der Waals surface area contributed by atoms with Crippen molar-refractivity contribution in [2.45, 2.75) is 13.0 Å². The summed E-state index contributed by atoms with van der Waals surface area (Å²) in [7, 11) is 0. The van der Waals surface area contributed by atoms with Gasteiger partial charge in [0.2, 0.25) is 5.88 Å². The van der Waals surface area contributed by atoms with Gasteiger partial charge in [0.15, 0.2) is 5.69 Å². The van der Waals surface area contributed by atoms with Crippen molar-refractivity contribution in [1.29, 1.82) is 0 Å². The molecule has 0 bridgehead atoms. The van der Waals surface area contributed by atoms with Crippen molar-refractivity contribution >= 4 is 11.8 Å². The molecule has 5 heteroatoms. The number of anilines is 1. The summed E-state index contributed by atoms with van der Waals surface area (Å²) in [5.74, 6) is 2.05. The van der Waals surface area contributed by atoms with Crippen LogP contribution in [0, 0.1) is 12.3 Å². The lowest BCUT2D eigenvalue weighted by atomic mass is 10.3. The molecular weight excluding hydrogens is 170 g/mol. The maximum Gasteiger partial charge on any atom is 0.274 e. The minimum absolute atomic E-state index is 0.0958. The Hall–Kier alpha value is -1.96. The summed E-state index contributed by atoms with van der Waals surface area (Å²) in [4.78, 5) is 11.2. The van der Waals surface area contributed by atoms with Crippen LogP contribution in [-0.2, 0) is 0 Å². The number of hydrogen-bond acceptors (Lipinski definition) is 4. The lowest BCUT2D eigenvalue weighted by Gasteiger charge is -2.03. The molecule has 1 unspecified atom stereocenters. The van der Waals surface area contributed by atoms with Crippen LogP contribution < -0.4 is 11.1 Å². The van der Waals surface area contributed by atoms with Gasteiger partial charge in [-0.1, -0.05) is 11.1 Å². The Kier molecular flexibility index (Phi) is 2.55. The zero-order valence-electron chi connectivity index (χ0n) is 7.07. The minimum Gasteiger partial charge on any atom is -0.368 e. The summed E-state index contributed by atoms with van der Waals surface area (Å²) in [5, 5.41) is 5.93. The number of carbonyl (C=O) groups is 1. The van der Waals surface area contributed by atoms with Gasteiger partial charge >= 0.3 is 0 Å². The molecule has 0 fully saturated rings. The first-order chi connectivity index (χ1) is 6.13. The van der Waals surface area contributed by atoms with Crippen LogP contribution >= 0.6 is 0 Å². The number of terminal acetylenes is 1. The van der Waals surface area contributed by atoms with Crippen molar-refractivity contribution in [2.75, 3.05) is 5.73 Å². The zero-order chi connectivity index (χ0) is 9.84. The first kappa shape index (κ1) is 9.13. The van der Waals surface area contributed by atoms with Crippen LogP contribution in [-0.4, -0.2) is 17.1 Å². The number of nitrogens with zero attached hydrogens (tertiary/aromatic N) is 1. The van der Waals surface area contributed by atoms with Gasteiger partial charge in [0.05, 0.1) is 6.04 Å². The molecular formula is C8H9N3O2. The quantitative estimate of drug-likeness (QED) is 0.626. The normalized spacial score (nSPS) is 11.7. The monoisotopic (exact) mass is 179 g/mol. The second kappa shape index (κ2) is 3.63. The Morgan fingerprint density at radius 3 is 3.08 bits per heavy atom. The Bertz CT molecular complexity index is 351. The van der Waals surface area contributed by atoms with Crippen LogP contribution in [0.2, 0.25) is 0 Å². The van der Waals surface area contributed by atoms with Gasteiger partial charge in [-0.25, -0.2) is 0 Å². The molecule has 0 aromatic carbocycles. The van der Waals surface area contributed by atoms with E-state index in [2.05, 4.69) is 20.9 Å². The molecule has 0 aliphatic heterocycles. The molecule has 5 nitrogen and oxygen atoms in total. The molecule has 1 aromatic heterocycles. The molecule has 1 amide bonds. The Morgan fingerprint density at radius 1 is 1.92 bits per heavy atom. The topological polar surface area (TPSA) is 81.2 Å². The summed E-state index contributed by atoms with van der Waals surface area (Å²) in [6.07, 6.45) is 5.07. The van der Waals surface area contributed by atoms with Crippen LogP contribution in [0.25, 0.3) is 0 Å². The summed E-state index contributed by atoms with van der Waals surface area (Å²) < 4.78 is 4.52. The van der Waals surface area contributed by atoms with Gasteiger partial charge in [-0.05, 0) is 6.92 Å². The third kappa shape index (κ3) is 2.24. The first-order valence-electron chi connectivity index (χ1n) is 3.62. The maximum atomic E-state index is 11.2. The molecule has 0 spiro atoms. The van der Waals surface area contributed by atoms with E-state index in [4.69, 9.17) is 12.2 Å². The molecule has 3 N–H and O–H groups in total. The summed E-state index contributed by atoms with van der Waals surface area (Å²) in [6, 6.07) is 0.990. The number of aromatic nitrogens is 1. The molecule has 1 atom stereocenters. The predicted molar refractivity (Wildman–Crippen MR) is 46.7 cm³/mol. The third-order valence-corrected chi connectivity index (χ3v) is 1.36. The lowest BCUT2D eigenvalue weighted by Crippen LogP contribution is -2.31. The molecule has 1 aromatic rings. The zero-order valence-corrected chi connectivity index (χ0v) is 7.07. The summed E-state index contributed by atoms with van der Waals surface area (Å²) in [5.41, 5.74) is 5.35. The Balaban J connectivity index is 2.65. The van der Waals surface area contributed by atoms with Crippen molar-refractivity contribution in [2.24, 2.45) is 0 Å². The molecule has 0 saturated carbocycles. The van der Waals surface area contributed by atoms with Gasteiger partial charge < -0.3 is 15.6 Å². The van der Waals surface area contributed by atoms with E-state index in [-0.39, 0.29) is 17.6 Å². The number of nitrogen functional groups attached to an aromatic ring is 1. The fourth-order valence-electron chi connectivity index (χ4n) is 0.709. The van der Waals surface area contributed by atoms with Crippen molar-refractivity contribution in [1.82, 2.24) is 10.5 Å². The van der Waals surface area contributed by atoms with E-state index in [1.165, 1.54) is 6.07 Å². The largest absolute Gasteiger partial charge is 0.368 e. The number of nitrogens with one attached hydrogen (secondary N) is 1. The van der Waals surface area contributed by atoms with E-state index < -0.39 is 5.91 Å². The summed E-state index contributed by atoms with van der Waals surface area (Å²) >= 11 is 0. The van der Waals surface area contributed by atoms with Crippen LogP contribution in [0.1, 0.15) is 17.4 Å². The van der Waals surface area contributed by atoms with Crippen molar-refractivity contribution < 1.29 is 9.32 Å². The van der Waals surface area contributed by atoms with E-state index >= 15 is 0 Å². The van der Waals surface area contributed by atoms with E-state index in [0.29, 0.717) is 0 Å². The fraction of sp³-hybridized carbons (Fsp3) is 0.250. The molecule has 0 saturated heterocycles. The molecule has 13 heavy (non-hydrogen) atoms. The predicted octanol–water partition coefficient (Wildman–Crippen LogP) is 0.00830. The van der Waals surface area contributed by atoms with Crippen LogP contribution in [0.5, 0.6) is 0 Å². The molecule has 0 aliphatic rings. The highest BCUT2D eigenvalue weighted by Crippen LogP contribution is 2.03. The molecule has 0 aliphatic carbocycles. The van der Waals surface area contributed by atoms with Gasteiger partial charge in [-0.2, -0.15) is 0 Å². The molecule has 0 radical (unpaired) electrons. The average Bonchev–Trinajstić information content (AvgIpc) is 2.51. The van der Waals surface area contributed by atoms with E-state index in [0.717, 1.165) is 0 Å². The number of nitrogens with two attached hydrogens (primary N) is 1. The van der Waals surface area contributed by atoms with E-state index in [9.17, 15) is 4.79 Å². The van der Waals surface area contributed by atoms with E-state index in [1.807, 2.05) is 0 Å². The van der Waals surface area contributed by atoms with Gasteiger partial charge in [0.25, 0.3) is 5.91 Å². The Labute approximate surface area is 75.3 Å². The highest BCUT2D eigenvalue weighted by atomic mass is 16.5. The van der Waals surface area contributed by atoms with Crippen LogP contribution in [0.15, 0.2) is 10.6 Å². The summed E-state index contributed by atoms with van der Waals surface area (Å²) in [6.45, 7) is 1.68. The standard InChI is InChI=1S/C8H9N3O2/c1-3-5(2)10-8(12)6-4-7(9)13-11-6/h1,4-5H,9H2,2H3,(H,10,12). The minimum atomic E-state index is -0.397. The smallest absolute Gasteiger partial charge is 0.274 e. The van der Waals surface area contributed by atoms with Crippen molar-refractivity contribution in [3.63, 3.8) is 0 Å². The lowest BCUT2D eigenvalue weighted by molar-refractivity contribution is 0.0939. The van der Waals surface area contributed by atoms with Crippen molar-refractivity contribution in [3.05, 3.63) is 11.8 Å². The van der Waals surface area contributed by atoms with Crippen LogP contribution in [0.4, 0.5) is 5.88 Å². The van der Waals surface area contributed by atoms with Gasteiger partial charge in [0, 0.05) is 6.07 Å². The third-order valence-electron chi connectivity index (χ3n) is 1.36. The van der Waals surface area contributed by atoms with Gasteiger partial charge in [0.1, 0.15) is 0 Å². The number of hydrogen-bond donors (Lipinski definition) is 2. The first-order valence-corrected chi connectivity index (χ1v) is 3.62. The van der Waals surface area contributed by atoms with Gasteiger partial charge in [-0.3, -0.25) is 4.79 Å². The van der Waals surface area contributed by atoms with Crippen LogP contribution in [0.3, 0.4) is 0 Å². The molecule has 1 heterocycles. The molecule has 68 valence electrons. The van der Waals surface area contributed by atoms with E-state index in [1.54, 1.807) is 6.92 Å². The fourth-order valence-corrected chi connectivity index (χ4v) is 0.709. The Morgan fingerprint density at radius 2 is 2.62 bits per heavy atom. The number of rotatable bonds is 2. The number of amides is 1. The second-order valence-electron chi connectivity index (χ2n) is 2.48. The molecule has 1 rings (SSSR count). The highest BCUT2D eigenvalue weighted by molar-refractivity contribution is 5.93. The number of carbonyl (C=O) groups excluding carboxylic acids is 1. The SMILES string of the molecule is C#CC(C)NC(=O)c1cc(N)on1.